The predicted octanol–water partition coefficient (Wildman–Crippen LogP) is 1.55. The van der Waals surface area contributed by atoms with E-state index >= 15 is 0 Å². The molecule has 0 saturated carbocycles. The Morgan fingerprint density at radius 3 is 2.47 bits per heavy atom. The highest BCUT2D eigenvalue weighted by atomic mass is 35.5. The number of carbonyl (C=O) groups is 1. The minimum Gasteiger partial charge on any atom is -0.479 e. The number of hydrogen-bond acceptors (Lipinski definition) is 4. The number of carboxylic acid groups (broad SMARTS) is 1. The van der Waals surface area contributed by atoms with E-state index in [9.17, 15) is 17.6 Å². The van der Waals surface area contributed by atoms with Gasteiger partial charge in [-0.2, -0.15) is 0 Å². The van der Waals surface area contributed by atoms with Crippen LogP contribution < -0.4 is 4.89 Å². The second-order valence-electron chi connectivity index (χ2n) is 4.11. The zero-order chi connectivity index (χ0) is 14.8. The van der Waals surface area contributed by atoms with Gasteiger partial charge in [0.05, 0.1) is 4.90 Å². The lowest BCUT2D eigenvalue weighted by Gasteiger charge is -2.19. The lowest BCUT2D eigenvalue weighted by molar-refractivity contribution is -0.165. The van der Waals surface area contributed by atoms with Crippen molar-refractivity contribution in [2.24, 2.45) is 0 Å². The first-order chi connectivity index (χ1) is 8.54. The Balaban J connectivity index is 2.97. The second kappa shape index (κ2) is 5.41. The molecule has 0 aliphatic carbocycles. The SMILES string of the molecule is CC(C)(ONS(=O)(=O)c1cc(F)cc(Cl)c1)C(=O)O. The molecule has 0 saturated heterocycles. The third-order valence-corrected chi connectivity index (χ3v) is 3.45. The van der Waals surface area contributed by atoms with Gasteiger partial charge >= 0.3 is 5.97 Å². The van der Waals surface area contributed by atoms with Crippen molar-refractivity contribution in [1.29, 1.82) is 0 Å². The van der Waals surface area contributed by atoms with E-state index < -0.39 is 32.3 Å². The van der Waals surface area contributed by atoms with E-state index in [2.05, 4.69) is 4.84 Å². The van der Waals surface area contributed by atoms with Crippen LogP contribution in [0, 0.1) is 5.82 Å². The summed E-state index contributed by atoms with van der Waals surface area (Å²) in [6.07, 6.45) is 0. The maximum Gasteiger partial charge on any atom is 0.337 e. The molecule has 2 N–H and O–H groups in total. The fourth-order valence-corrected chi connectivity index (χ4v) is 2.19. The Kier molecular flexibility index (Phi) is 4.51. The second-order valence-corrected chi connectivity index (χ2v) is 6.19. The van der Waals surface area contributed by atoms with Gasteiger partial charge in [-0.25, -0.2) is 17.6 Å². The van der Waals surface area contributed by atoms with E-state index in [1.54, 1.807) is 4.89 Å². The third kappa shape index (κ3) is 4.13. The fraction of sp³-hybridized carbons (Fsp3) is 0.300. The number of hydrogen-bond donors (Lipinski definition) is 2. The van der Waals surface area contributed by atoms with Crippen molar-refractivity contribution in [3.05, 3.63) is 29.0 Å². The number of nitrogens with one attached hydrogen (secondary N) is 1. The number of aliphatic carboxylic acids is 1. The van der Waals surface area contributed by atoms with Crippen molar-refractivity contribution in [2.75, 3.05) is 0 Å². The van der Waals surface area contributed by atoms with Crippen LogP contribution in [-0.4, -0.2) is 25.1 Å². The molecule has 0 spiro atoms. The predicted molar refractivity (Wildman–Crippen MR) is 64.5 cm³/mol. The first kappa shape index (κ1) is 15.8. The Morgan fingerprint density at radius 2 is 2.00 bits per heavy atom. The third-order valence-electron chi connectivity index (χ3n) is 2.07. The number of carboxylic acids is 1. The normalized spacial score (nSPS) is 12.4. The van der Waals surface area contributed by atoms with Crippen LogP contribution in [-0.2, 0) is 19.7 Å². The van der Waals surface area contributed by atoms with Gasteiger partial charge in [0.1, 0.15) is 5.82 Å². The summed E-state index contributed by atoms with van der Waals surface area (Å²) in [6.45, 7) is 2.30. The summed E-state index contributed by atoms with van der Waals surface area (Å²) >= 11 is 5.53. The van der Waals surface area contributed by atoms with E-state index in [0.717, 1.165) is 32.0 Å². The van der Waals surface area contributed by atoms with Crippen LogP contribution in [0.3, 0.4) is 0 Å². The highest BCUT2D eigenvalue weighted by Crippen LogP contribution is 2.19. The summed E-state index contributed by atoms with van der Waals surface area (Å²) in [7, 11) is -4.23. The summed E-state index contributed by atoms with van der Waals surface area (Å²) in [4.78, 5) is 16.5. The summed E-state index contributed by atoms with van der Waals surface area (Å²) < 4.78 is 36.6. The Labute approximate surface area is 114 Å². The largest absolute Gasteiger partial charge is 0.479 e. The van der Waals surface area contributed by atoms with Crippen LogP contribution in [0.15, 0.2) is 23.1 Å². The lowest BCUT2D eigenvalue weighted by Crippen LogP contribution is -2.41. The standard InChI is InChI=1S/C10H11ClFNO5S/c1-10(2,9(14)15)18-13-19(16,17)8-4-6(11)3-7(12)5-8/h3-5,13H,1-2H3,(H,14,15). The van der Waals surface area contributed by atoms with Crippen molar-refractivity contribution in [2.45, 2.75) is 24.3 Å². The highest BCUT2D eigenvalue weighted by molar-refractivity contribution is 7.89. The molecule has 19 heavy (non-hydrogen) atoms. The zero-order valence-corrected chi connectivity index (χ0v) is 11.5. The van der Waals surface area contributed by atoms with Crippen molar-refractivity contribution < 1.29 is 27.5 Å². The minimum absolute atomic E-state index is 0.113. The topological polar surface area (TPSA) is 92.7 Å². The van der Waals surface area contributed by atoms with Gasteiger partial charge in [0.25, 0.3) is 10.0 Å². The summed E-state index contributed by atoms with van der Waals surface area (Å²) in [5, 5.41) is 8.64. The molecule has 6 nitrogen and oxygen atoms in total. The Morgan fingerprint density at radius 1 is 1.42 bits per heavy atom. The Hall–Kier alpha value is -1.22. The molecule has 0 amide bonds. The van der Waals surface area contributed by atoms with Crippen molar-refractivity contribution in [3.8, 4) is 0 Å². The maximum atomic E-state index is 13.0. The molecule has 0 fully saturated rings. The van der Waals surface area contributed by atoms with E-state index in [1.165, 1.54) is 0 Å². The molecule has 0 unspecified atom stereocenters. The molecular weight excluding hydrogens is 301 g/mol. The molecule has 1 aromatic carbocycles. The van der Waals surface area contributed by atoms with Gasteiger partial charge in [0, 0.05) is 5.02 Å². The van der Waals surface area contributed by atoms with Crippen LogP contribution in [0.5, 0.6) is 0 Å². The van der Waals surface area contributed by atoms with Crippen molar-refractivity contribution >= 4 is 27.6 Å². The molecule has 1 rings (SSSR count). The van der Waals surface area contributed by atoms with Crippen molar-refractivity contribution in [3.63, 3.8) is 0 Å². The van der Waals surface area contributed by atoms with Gasteiger partial charge in [0.15, 0.2) is 5.60 Å². The number of rotatable bonds is 5. The minimum atomic E-state index is -4.23. The summed E-state index contributed by atoms with van der Waals surface area (Å²) in [5.41, 5.74) is -1.77. The van der Waals surface area contributed by atoms with Crippen LogP contribution in [0.4, 0.5) is 4.39 Å². The van der Waals surface area contributed by atoms with Crippen LogP contribution >= 0.6 is 11.6 Å². The Bertz CT molecular complexity index is 582. The quantitative estimate of drug-likeness (QED) is 0.805. The molecule has 106 valence electrons. The number of halogens is 2. The van der Waals surface area contributed by atoms with Gasteiger partial charge in [-0.15, -0.1) is 0 Å². The monoisotopic (exact) mass is 311 g/mol. The molecule has 1 aromatic rings. The summed E-state index contributed by atoms with van der Waals surface area (Å²) in [5.74, 6) is -2.21. The van der Waals surface area contributed by atoms with Crippen molar-refractivity contribution in [1.82, 2.24) is 4.89 Å². The maximum absolute atomic E-state index is 13.0. The van der Waals surface area contributed by atoms with Gasteiger partial charge in [-0.3, -0.25) is 4.84 Å². The molecule has 9 heteroatoms. The van der Waals surface area contributed by atoms with E-state index in [4.69, 9.17) is 16.7 Å². The van der Waals surface area contributed by atoms with Gasteiger partial charge < -0.3 is 5.11 Å². The van der Waals surface area contributed by atoms with Gasteiger partial charge in [-0.1, -0.05) is 16.5 Å². The molecule has 0 heterocycles. The highest BCUT2D eigenvalue weighted by Gasteiger charge is 2.31. The molecule has 0 aromatic heterocycles. The van der Waals surface area contributed by atoms with Crippen LogP contribution in [0.25, 0.3) is 0 Å². The molecule has 0 aliphatic heterocycles. The average molecular weight is 312 g/mol. The zero-order valence-electron chi connectivity index (χ0n) is 9.98. The first-order valence-electron chi connectivity index (χ1n) is 4.94. The first-order valence-corrected chi connectivity index (χ1v) is 6.80. The van der Waals surface area contributed by atoms with Gasteiger partial charge in [-0.05, 0) is 32.0 Å². The van der Waals surface area contributed by atoms with Gasteiger partial charge in [0.2, 0.25) is 0 Å². The van der Waals surface area contributed by atoms with Crippen LogP contribution in [0.1, 0.15) is 13.8 Å². The number of benzene rings is 1. The molecule has 0 aliphatic rings. The average Bonchev–Trinajstić information content (AvgIpc) is 2.25. The molecule has 0 radical (unpaired) electrons. The van der Waals surface area contributed by atoms with Crippen LogP contribution in [0.2, 0.25) is 5.02 Å². The lowest BCUT2D eigenvalue weighted by atomic mass is 10.1. The van der Waals surface area contributed by atoms with E-state index in [-0.39, 0.29) is 5.02 Å². The molecule has 0 atom stereocenters. The molecule has 0 bridgehead atoms. The van der Waals surface area contributed by atoms with E-state index in [0.29, 0.717) is 0 Å². The number of sulfonamides is 1. The molecular formula is C10H11ClFNO5S. The van der Waals surface area contributed by atoms with E-state index in [1.807, 2.05) is 0 Å². The fourth-order valence-electron chi connectivity index (χ4n) is 0.934. The summed E-state index contributed by atoms with van der Waals surface area (Å²) in [6, 6.07) is 2.66. The smallest absolute Gasteiger partial charge is 0.337 e.